The van der Waals surface area contributed by atoms with Crippen molar-refractivity contribution < 1.29 is 17.8 Å². The number of carbonyl (C=O) groups is 1. The van der Waals surface area contributed by atoms with E-state index in [-0.39, 0.29) is 36.9 Å². The van der Waals surface area contributed by atoms with Gasteiger partial charge in [-0.25, -0.2) is 22.8 Å². The van der Waals surface area contributed by atoms with Crippen molar-refractivity contribution in [2.45, 2.75) is 74.4 Å². The summed E-state index contributed by atoms with van der Waals surface area (Å²) in [5.74, 6) is -2.67. The molecule has 204 valence electrons. The summed E-state index contributed by atoms with van der Waals surface area (Å²) in [5.41, 5.74) is 2.53. The normalized spacial score (nSPS) is 23.7. The maximum Gasteiger partial charge on any atom is 0.276 e. The van der Waals surface area contributed by atoms with Gasteiger partial charge in [-0.1, -0.05) is 0 Å². The number of halogens is 2. The van der Waals surface area contributed by atoms with Crippen molar-refractivity contribution in [2.24, 2.45) is 5.41 Å². The molecule has 6 rings (SSSR count). The van der Waals surface area contributed by atoms with E-state index in [2.05, 4.69) is 20.2 Å². The molecule has 2 aliphatic heterocycles. The molecule has 2 aliphatic carbocycles. The summed E-state index contributed by atoms with van der Waals surface area (Å²) in [7, 11) is -2.89. The van der Waals surface area contributed by atoms with E-state index in [0.717, 1.165) is 44.5 Å². The fraction of sp³-hybridized carbons (Fsp3) is 0.593. The predicted molar refractivity (Wildman–Crippen MR) is 143 cm³/mol. The first-order chi connectivity index (χ1) is 18.1. The van der Waals surface area contributed by atoms with E-state index in [9.17, 15) is 17.8 Å². The first-order valence-corrected chi connectivity index (χ1v) is 15.1. The van der Waals surface area contributed by atoms with Crippen molar-refractivity contribution in [1.29, 1.82) is 4.78 Å². The Bertz CT molecular complexity index is 1350. The molecule has 38 heavy (non-hydrogen) atoms. The average molecular weight is 545 g/mol. The van der Waals surface area contributed by atoms with Gasteiger partial charge in [-0.05, 0) is 69.1 Å². The van der Waals surface area contributed by atoms with Crippen LogP contribution in [0.15, 0.2) is 29.3 Å². The lowest BCUT2D eigenvalue weighted by Crippen LogP contribution is -2.40. The van der Waals surface area contributed by atoms with Crippen LogP contribution in [0.25, 0.3) is 0 Å². The number of amides is 1. The number of rotatable bonds is 6. The molecule has 2 N–H and O–H groups in total. The van der Waals surface area contributed by atoms with Crippen LogP contribution in [-0.2, 0) is 9.73 Å². The molecule has 2 saturated heterocycles. The molecule has 1 amide bonds. The van der Waals surface area contributed by atoms with Crippen molar-refractivity contribution in [3.63, 3.8) is 0 Å². The van der Waals surface area contributed by atoms with E-state index in [0.29, 0.717) is 27.5 Å². The average Bonchev–Trinajstić information content (AvgIpc) is 3.82. The number of anilines is 3. The fourth-order valence-corrected chi connectivity index (χ4v) is 7.38. The second kappa shape index (κ2) is 9.14. The lowest BCUT2D eigenvalue weighted by Gasteiger charge is -2.35. The van der Waals surface area contributed by atoms with Crippen LogP contribution < -0.4 is 15.1 Å². The van der Waals surface area contributed by atoms with Crippen molar-refractivity contribution in [1.82, 2.24) is 9.97 Å². The number of hydrogen-bond acceptors (Lipinski definition) is 7. The Kier molecular flexibility index (Phi) is 6.12. The molecule has 2 aromatic rings. The van der Waals surface area contributed by atoms with Gasteiger partial charge in [-0.3, -0.25) is 9.78 Å². The smallest absolute Gasteiger partial charge is 0.276 e. The predicted octanol–water partition coefficient (Wildman–Crippen LogP) is 5.22. The SMILES string of the molecule is Cc1ncc(C(=O)Nc2ccc(S(=N)(=O)C3CC3)cc2N2CCC3(CC2)CC3)nc1N1CCC(F)(F)CC1. The van der Waals surface area contributed by atoms with Gasteiger partial charge in [0.15, 0.2) is 5.82 Å². The number of piperidine rings is 2. The summed E-state index contributed by atoms with van der Waals surface area (Å²) >= 11 is 0. The first kappa shape index (κ1) is 25.5. The van der Waals surface area contributed by atoms with Crippen LogP contribution in [0.2, 0.25) is 0 Å². The number of nitrogens with one attached hydrogen (secondary N) is 2. The number of nitrogens with zero attached hydrogens (tertiary/aromatic N) is 4. The topological polar surface area (TPSA) is 102 Å². The largest absolute Gasteiger partial charge is 0.370 e. The highest BCUT2D eigenvalue weighted by Gasteiger charge is 2.45. The van der Waals surface area contributed by atoms with Gasteiger partial charge < -0.3 is 15.1 Å². The summed E-state index contributed by atoms with van der Waals surface area (Å²) in [6.07, 6.45) is 7.25. The van der Waals surface area contributed by atoms with E-state index in [4.69, 9.17) is 4.78 Å². The lowest BCUT2D eigenvalue weighted by molar-refractivity contribution is -0.0222. The van der Waals surface area contributed by atoms with Crippen LogP contribution in [-0.4, -0.2) is 57.4 Å². The fourth-order valence-electron chi connectivity index (χ4n) is 5.64. The third-order valence-electron chi connectivity index (χ3n) is 8.64. The zero-order chi connectivity index (χ0) is 26.7. The van der Waals surface area contributed by atoms with Crippen LogP contribution >= 0.6 is 0 Å². The highest BCUT2D eigenvalue weighted by atomic mass is 32.2. The molecular formula is C27H34F2N6O2S. The van der Waals surface area contributed by atoms with Gasteiger partial charge in [-0.2, -0.15) is 0 Å². The van der Waals surface area contributed by atoms with Crippen LogP contribution in [0, 0.1) is 17.1 Å². The highest BCUT2D eigenvalue weighted by Crippen LogP contribution is 2.54. The van der Waals surface area contributed by atoms with Crippen LogP contribution in [0.3, 0.4) is 0 Å². The Hall–Kier alpha value is -2.82. The molecule has 8 nitrogen and oxygen atoms in total. The van der Waals surface area contributed by atoms with E-state index in [1.807, 2.05) is 6.07 Å². The Morgan fingerprint density at radius 3 is 2.34 bits per heavy atom. The van der Waals surface area contributed by atoms with Gasteiger partial charge >= 0.3 is 0 Å². The van der Waals surface area contributed by atoms with Crippen molar-refractivity contribution in [3.05, 3.63) is 35.8 Å². The summed E-state index contributed by atoms with van der Waals surface area (Å²) in [6.45, 7) is 3.77. The number of alkyl halides is 2. The maximum absolute atomic E-state index is 13.7. The Labute approximate surface area is 222 Å². The highest BCUT2D eigenvalue weighted by molar-refractivity contribution is 7.93. The first-order valence-electron chi connectivity index (χ1n) is 13.5. The van der Waals surface area contributed by atoms with Gasteiger partial charge in [0.05, 0.1) is 33.0 Å². The minimum Gasteiger partial charge on any atom is -0.370 e. The molecule has 1 spiro atoms. The maximum atomic E-state index is 13.7. The molecule has 1 atom stereocenters. The number of hydrogen-bond donors (Lipinski definition) is 2. The molecular weight excluding hydrogens is 510 g/mol. The third kappa shape index (κ3) is 4.97. The Morgan fingerprint density at radius 1 is 1.05 bits per heavy atom. The standard InChI is InChI=1S/C27H34F2N6O2S/c1-18-24(35-14-10-27(28,29)11-15-35)32-22(17-31-18)25(36)33-21-5-4-20(38(30,37)19-2-3-19)16-23(21)34-12-8-26(6-7-26)9-13-34/h4-5,16-17,19,30H,2-3,6-15H2,1H3,(H,33,36). The molecule has 11 heteroatoms. The molecule has 1 aromatic carbocycles. The van der Waals surface area contributed by atoms with Crippen molar-refractivity contribution >= 4 is 32.8 Å². The molecule has 0 radical (unpaired) electrons. The van der Waals surface area contributed by atoms with E-state index in [1.165, 1.54) is 19.0 Å². The van der Waals surface area contributed by atoms with Gasteiger partial charge in [0, 0.05) is 49.2 Å². The van der Waals surface area contributed by atoms with Gasteiger partial charge in [0.2, 0.25) is 0 Å². The second-order valence-corrected chi connectivity index (χ2v) is 13.8. The number of aromatic nitrogens is 2. The van der Waals surface area contributed by atoms with E-state index < -0.39 is 21.6 Å². The quantitative estimate of drug-likeness (QED) is 0.517. The lowest BCUT2D eigenvalue weighted by atomic mass is 9.93. The zero-order valence-electron chi connectivity index (χ0n) is 21.6. The molecule has 1 unspecified atom stereocenters. The van der Waals surface area contributed by atoms with Gasteiger partial charge in [-0.15, -0.1) is 0 Å². The van der Waals surface area contributed by atoms with Crippen LogP contribution in [0.4, 0.5) is 26.0 Å². The van der Waals surface area contributed by atoms with E-state index in [1.54, 1.807) is 24.0 Å². The second-order valence-electron chi connectivity index (χ2n) is 11.4. The number of carbonyl (C=O) groups excluding carboxylic acids is 1. The molecule has 4 aliphatic rings. The minimum atomic E-state index is -2.89. The summed E-state index contributed by atoms with van der Waals surface area (Å²) in [4.78, 5) is 26.7. The summed E-state index contributed by atoms with van der Waals surface area (Å²) in [6, 6.07) is 5.27. The Balaban J connectivity index is 1.26. The molecule has 1 aromatic heterocycles. The van der Waals surface area contributed by atoms with Crippen molar-refractivity contribution in [3.8, 4) is 0 Å². The van der Waals surface area contributed by atoms with Crippen LogP contribution in [0.1, 0.15) is 67.5 Å². The summed E-state index contributed by atoms with van der Waals surface area (Å²) < 4.78 is 49.1. The van der Waals surface area contributed by atoms with Crippen LogP contribution in [0.5, 0.6) is 0 Å². The molecule has 2 saturated carbocycles. The zero-order valence-corrected chi connectivity index (χ0v) is 22.5. The van der Waals surface area contributed by atoms with E-state index >= 15 is 0 Å². The molecule has 3 heterocycles. The van der Waals surface area contributed by atoms with Gasteiger partial charge in [0.25, 0.3) is 11.8 Å². The monoisotopic (exact) mass is 544 g/mol. The number of aryl methyl sites for hydroxylation is 1. The van der Waals surface area contributed by atoms with Gasteiger partial charge in [0.1, 0.15) is 5.69 Å². The minimum absolute atomic E-state index is 0.0946. The summed E-state index contributed by atoms with van der Waals surface area (Å²) in [5, 5.41) is 2.88. The molecule has 0 bridgehead atoms. The molecule has 4 fully saturated rings. The van der Waals surface area contributed by atoms with Crippen molar-refractivity contribution in [2.75, 3.05) is 41.3 Å². The Morgan fingerprint density at radius 2 is 1.71 bits per heavy atom. The third-order valence-corrected chi connectivity index (χ3v) is 11.0. The number of benzene rings is 1.